The number of nitrogens with zero attached hydrogens (tertiary/aromatic N) is 1. The Labute approximate surface area is 89.4 Å². The van der Waals surface area contributed by atoms with E-state index in [0.29, 0.717) is 6.07 Å². The second-order valence-electron chi connectivity index (χ2n) is 3.08. The molecule has 0 aromatic heterocycles. The van der Waals surface area contributed by atoms with E-state index in [1.54, 1.807) is 0 Å². The summed E-state index contributed by atoms with van der Waals surface area (Å²) in [5, 5.41) is 19.2. The predicted molar refractivity (Wildman–Crippen MR) is 50.2 cm³/mol. The lowest BCUT2D eigenvalue weighted by Crippen LogP contribution is -2.18. The van der Waals surface area contributed by atoms with E-state index in [1.165, 1.54) is 6.92 Å². The largest absolute Gasteiger partial charge is 0.479 e. The van der Waals surface area contributed by atoms with Gasteiger partial charge in [0, 0.05) is 6.07 Å². The smallest absolute Gasteiger partial charge is 0.314 e. The molecule has 0 heterocycles. The summed E-state index contributed by atoms with van der Waals surface area (Å²) in [7, 11) is 0. The van der Waals surface area contributed by atoms with Crippen LogP contribution >= 0.6 is 0 Å². The highest BCUT2D eigenvalue weighted by molar-refractivity contribution is 5.47. The highest BCUT2D eigenvalue weighted by atomic mass is 19.2. The van der Waals surface area contributed by atoms with Gasteiger partial charge in [0.25, 0.3) is 0 Å². The maximum absolute atomic E-state index is 13.2. The molecule has 1 atom stereocenters. The molecule has 16 heavy (non-hydrogen) atoms. The number of aliphatic hydroxyl groups excluding tert-OH is 1. The van der Waals surface area contributed by atoms with E-state index in [9.17, 15) is 18.9 Å². The summed E-state index contributed by atoms with van der Waals surface area (Å²) in [6, 6.07) is 1.45. The zero-order valence-corrected chi connectivity index (χ0v) is 8.31. The van der Waals surface area contributed by atoms with Crippen molar-refractivity contribution < 1.29 is 23.5 Å². The molecule has 1 unspecified atom stereocenters. The van der Waals surface area contributed by atoms with Crippen LogP contribution in [-0.4, -0.2) is 22.7 Å². The normalized spacial score (nSPS) is 12.2. The fourth-order valence-electron chi connectivity index (χ4n) is 1.02. The maximum atomic E-state index is 13.2. The number of nitro groups is 1. The van der Waals surface area contributed by atoms with Crippen LogP contribution < -0.4 is 4.74 Å². The minimum atomic E-state index is -1.44. The van der Waals surface area contributed by atoms with E-state index in [-0.39, 0.29) is 0 Å². The lowest BCUT2D eigenvalue weighted by Gasteiger charge is -2.12. The number of hydrogen-bond donors (Lipinski definition) is 1. The number of rotatable bonds is 4. The van der Waals surface area contributed by atoms with Crippen molar-refractivity contribution in [2.24, 2.45) is 0 Å². The first-order chi connectivity index (χ1) is 7.47. The van der Waals surface area contributed by atoms with E-state index in [2.05, 4.69) is 0 Å². The van der Waals surface area contributed by atoms with Gasteiger partial charge in [0.1, 0.15) is 6.10 Å². The van der Waals surface area contributed by atoms with Crippen LogP contribution in [0.4, 0.5) is 14.5 Å². The van der Waals surface area contributed by atoms with Crippen LogP contribution in [0.5, 0.6) is 5.75 Å². The number of ether oxygens (including phenoxy) is 1. The van der Waals surface area contributed by atoms with E-state index < -0.39 is 40.7 Å². The summed E-state index contributed by atoms with van der Waals surface area (Å²) in [4.78, 5) is 9.64. The molecule has 1 N–H and O–H groups in total. The van der Waals surface area contributed by atoms with Crippen LogP contribution in [0.15, 0.2) is 12.1 Å². The Bertz CT molecular complexity index is 411. The summed E-state index contributed by atoms with van der Waals surface area (Å²) in [6.45, 7) is 0.904. The van der Waals surface area contributed by atoms with Crippen molar-refractivity contribution >= 4 is 5.69 Å². The number of aliphatic hydroxyl groups is 1. The quantitative estimate of drug-likeness (QED) is 0.633. The molecule has 88 valence electrons. The van der Waals surface area contributed by atoms with Crippen molar-refractivity contribution in [3.8, 4) is 5.75 Å². The molecular weight excluding hydrogens is 224 g/mol. The number of halogens is 2. The summed E-state index contributed by atoms with van der Waals surface area (Å²) in [5.41, 5.74) is -0.681. The number of hydrogen-bond acceptors (Lipinski definition) is 4. The van der Waals surface area contributed by atoms with Gasteiger partial charge in [-0.3, -0.25) is 10.1 Å². The molecular formula is C9H9F2NO4. The van der Waals surface area contributed by atoms with Crippen LogP contribution in [0.3, 0.4) is 0 Å². The van der Waals surface area contributed by atoms with Crippen molar-refractivity contribution in [3.63, 3.8) is 0 Å². The van der Waals surface area contributed by atoms with Gasteiger partial charge in [0.05, 0.1) is 11.5 Å². The van der Waals surface area contributed by atoms with Crippen molar-refractivity contribution in [1.82, 2.24) is 0 Å². The van der Waals surface area contributed by atoms with Gasteiger partial charge in [-0.15, -0.1) is 0 Å². The molecule has 0 fully saturated rings. The molecule has 0 amide bonds. The first-order valence-electron chi connectivity index (χ1n) is 4.37. The van der Waals surface area contributed by atoms with Crippen molar-refractivity contribution in [2.75, 3.05) is 6.61 Å². The Morgan fingerprint density at radius 1 is 1.56 bits per heavy atom. The molecule has 1 aromatic carbocycles. The molecule has 0 aliphatic rings. The number of nitro benzene ring substituents is 1. The molecule has 0 saturated heterocycles. The van der Waals surface area contributed by atoms with Crippen LogP contribution in [0.1, 0.15) is 6.92 Å². The Morgan fingerprint density at radius 2 is 2.19 bits per heavy atom. The molecule has 0 spiro atoms. The lowest BCUT2D eigenvalue weighted by molar-refractivity contribution is -0.386. The molecule has 0 aliphatic heterocycles. The zero-order valence-electron chi connectivity index (χ0n) is 8.31. The fourth-order valence-corrected chi connectivity index (χ4v) is 1.02. The van der Waals surface area contributed by atoms with Gasteiger partial charge in [-0.05, 0) is 13.0 Å². The zero-order chi connectivity index (χ0) is 12.3. The standard InChI is InChI=1S/C9H9F2NO4/c1-5(4-13)16-9-7(12(14)15)3-2-6(10)8(9)11/h2-3,5,13H,4H2,1H3. The third-order valence-electron chi connectivity index (χ3n) is 1.80. The van der Waals surface area contributed by atoms with E-state index in [0.717, 1.165) is 6.07 Å². The van der Waals surface area contributed by atoms with E-state index >= 15 is 0 Å². The average molecular weight is 233 g/mol. The first-order valence-corrected chi connectivity index (χ1v) is 4.37. The third kappa shape index (κ3) is 2.43. The van der Waals surface area contributed by atoms with Gasteiger partial charge < -0.3 is 9.84 Å². The summed E-state index contributed by atoms with van der Waals surface area (Å²) >= 11 is 0. The Balaban J connectivity index is 3.21. The van der Waals surface area contributed by atoms with E-state index in [1.807, 2.05) is 0 Å². The fraction of sp³-hybridized carbons (Fsp3) is 0.333. The van der Waals surface area contributed by atoms with Gasteiger partial charge in [-0.1, -0.05) is 0 Å². The maximum Gasteiger partial charge on any atom is 0.314 e. The Hall–Kier alpha value is -1.76. The minimum Gasteiger partial charge on any atom is -0.479 e. The SMILES string of the molecule is CC(CO)Oc1c([N+](=O)[O-])ccc(F)c1F. The molecule has 0 bridgehead atoms. The molecule has 5 nitrogen and oxygen atoms in total. The second-order valence-corrected chi connectivity index (χ2v) is 3.08. The molecule has 1 aromatic rings. The molecule has 7 heteroatoms. The predicted octanol–water partition coefficient (Wildman–Crippen LogP) is 1.63. The summed E-state index contributed by atoms with van der Waals surface area (Å²) < 4.78 is 30.8. The highest BCUT2D eigenvalue weighted by Gasteiger charge is 2.24. The van der Waals surface area contributed by atoms with Gasteiger partial charge >= 0.3 is 5.69 Å². The highest BCUT2D eigenvalue weighted by Crippen LogP contribution is 2.32. The van der Waals surface area contributed by atoms with Crippen LogP contribution in [0.25, 0.3) is 0 Å². The van der Waals surface area contributed by atoms with E-state index in [4.69, 9.17) is 9.84 Å². The molecule has 0 saturated carbocycles. The topological polar surface area (TPSA) is 72.6 Å². The first kappa shape index (κ1) is 12.3. The summed E-state index contributed by atoms with van der Waals surface area (Å²) in [5.74, 6) is -3.48. The lowest BCUT2D eigenvalue weighted by atomic mass is 10.2. The van der Waals surface area contributed by atoms with Gasteiger partial charge in [0.2, 0.25) is 11.6 Å². The van der Waals surface area contributed by atoms with Gasteiger partial charge in [-0.2, -0.15) is 4.39 Å². The Morgan fingerprint density at radius 3 is 2.69 bits per heavy atom. The minimum absolute atomic E-state index is 0.465. The van der Waals surface area contributed by atoms with Crippen molar-refractivity contribution in [3.05, 3.63) is 33.9 Å². The molecule has 0 aliphatic carbocycles. The average Bonchev–Trinajstić information content (AvgIpc) is 2.24. The molecule has 1 rings (SSSR count). The monoisotopic (exact) mass is 233 g/mol. The van der Waals surface area contributed by atoms with Gasteiger partial charge in [0.15, 0.2) is 5.82 Å². The Kier molecular flexibility index (Phi) is 3.73. The second kappa shape index (κ2) is 4.84. The van der Waals surface area contributed by atoms with Crippen molar-refractivity contribution in [2.45, 2.75) is 13.0 Å². The van der Waals surface area contributed by atoms with Crippen LogP contribution in [-0.2, 0) is 0 Å². The van der Waals surface area contributed by atoms with Crippen LogP contribution in [0.2, 0.25) is 0 Å². The van der Waals surface area contributed by atoms with Gasteiger partial charge in [-0.25, -0.2) is 4.39 Å². The summed E-state index contributed by atoms with van der Waals surface area (Å²) in [6.07, 6.45) is -0.866. The van der Waals surface area contributed by atoms with Crippen LogP contribution in [0, 0.1) is 21.7 Å². The number of benzene rings is 1. The van der Waals surface area contributed by atoms with Crippen molar-refractivity contribution in [1.29, 1.82) is 0 Å². The molecule has 0 radical (unpaired) electrons. The third-order valence-corrected chi connectivity index (χ3v) is 1.80.